The van der Waals surface area contributed by atoms with E-state index in [1.54, 1.807) is 6.07 Å². The van der Waals surface area contributed by atoms with E-state index in [1.165, 1.54) is 18.9 Å². The van der Waals surface area contributed by atoms with Gasteiger partial charge in [-0.25, -0.2) is 4.79 Å². The second kappa shape index (κ2) is 9.56. The topological polar surface area (TPSA) is 57.0 Å². The molecule has 0 fully saturated rings. The van der Waals surface area contributed by atoms with Crippen LogP contribution in [-0.4, -0.2) is 27.8 Å². The molecular weight excluding hydrogens is 453 g/mol. The number of rotatable bonds is 6. The SMILES string of the molecule is COC(=O)c1cccc(CSc2nnc(-c3ccccc3Cl)n2-c2ccccc2Cl)c1. The van der Waals surface area contributed by atoms with Crippen molar-refractivity contribution in [3.05, 3.63) is 94.0 Å². The van der Waals surface area contributed by atoms with E-state index in [0.717, 1.165) is 16.8 Å². The van der Waals surface area contributed by atoms with Gasteiger partial charge in [0.2, 0.25) is 0 Å². The zero-order valence-electron chi connectivity index (χ0n) is 16.5. The standard InChI is InChI=1S/C23H17Cl2N3O2S/c1-30-22(29)16-8-6-7-15(13-16)14-31-23-27-26-21(17-9-2-3-10-18(17)24)28(23)20-12-5-4-11-19(20)25/h2-13H,14H2,1H3. The van der Waals surface area contributed by atoms with Crippen molar-refractivity contribution in [1.29, 1.82) is 0 Å². The Morgan fingerprint density at radius 1 is 0.968 bits per heavy atom. The summed E-state index contributed by atoms with van der Waals surface area (Å²) in [5, 5.41) is 10.6. The number of carbonyl (C=O) groups excluding carboxylic acids is 1. The van der Waals surface area contributed by atoms with Gasteiger partial charge in [0, 0.05) is 11.3 Å². The zero-order chi connectivity index (χ0) is 21.8. The van der Waals surface area contributed by atoms with Crippen LogP contribution in [0.5, 0.6) is 0 Å². The Kier molecular flexibility index (Phi) is 6.61. The van der Waals surface area contributed by atoms with Crippen molar-refractivity contribution < 1.29 is 9.53 Å². The van der Waals surface area contributed by atoms with Gasteiger partial charge in [-0.2, -0.15) is 0 Å². The van der Waals surface area contributed by atoms with Gasteiger partial charge in [0.05, 0.1) is 28.4 Å². The predicted molar refractivity (Wildman–Crippen MR) is 124 cm³/mol. The number of ether oxygens (including phenoxy) is 1. The number of esters is 1. The van der Waals surface area contributed by atoms with Crippen LogP contribution in [0.1, 0.15) is 15.9 Å². The minimum atomic E-state index is -0.368. The van der Waals surface area contributed by atoms with Crippen LogP contribution < -0.4 is 0 Å². The summed E-state index contributed by atoms with van der Waals surface area (Å²) in [5.41, 5.74) is 2.98. The Labute approximate surface area is 194 Å². The highest BCUT2D eigenvalue weighted by Gasteiger charge is 2.19. The number of nitrogens with zero attached hydrogens (tertiary/aromatic N) is 3. The minimum absolute atomic E-state index is 0.368. The number of benzene rings is 3. The highest BCUT2D eigenvalue weighted by molar-refractivity contribution is 7.98. The maximum Gasteiger partial charge on any atom is 0.337 e. The summed E-state index contributed by atoms with van der Waals surface area (Å²) in [5.74, 6) is 0.812. The van der Waals surface area contributed by atoms with Gasteiger partial charge < -0.3 is 4.74 Å². The molecule has 0 saturated heterocycles. The average molecular weight is 470 g/mol. The Hall–Kier alpha value is -2.80. The molecule has 4 rings (SSSR count). The molecular formula is C23H17Cl2N3O2S. The summed E-state index contributed by atoms with van der Waals surface area (Å²) in [6, 6.07) is 22.3. The number of methoxy groups -OCH3 is 1. The van der Waals surface area contributed by atoms with Crippen LogP contribution >= 0.6 is 35.0 Å². The van der Waals surface area contributed by atoms with Gasteiger partial charge in [-0.15, -0.1) is 10.2 Å². The summed E-state index contributed by atoms with van der Waals surface area (Å²) < 4.78 is 6.71. The first-order chi connectivity index (χ1) is 15.1. The molecule has 0 radical (unpaired) electrons. The van der Waals surface area contributed by atoms with Crippen molar-refractivity contribution in [2.45, 2.75) is 10.9 Å². The number of para-hydroxylation sites is 1. The van der Waals surface area contributed by atoms with E-state index in [-0.39, 0.29) is 5.97 Å². The lowest BCUT2D eigenvalue weighted by Crippen LogP contribution is -2.02. The zero-order valence-corrected chi connectivity index (χ0v) is 18.8. The molecule has 4 aromatic rings. The largest absolute Gasteiger partial charge is 0.465 e. The quantitative estimate of drug-likeness (QED) is 0.244. The van der Waals surface area contributed by atoms with Crippen LogP contribution in [0.15, 0.2) is 78.0 Å². The molecule has 0 aliphatic rings. The maximum absolute atomic E-state index is 11.8. The Balaban J connectivity index is 1.73. The van der Waals surface area contributed by atoms with Gasteiger partial charge >= 0.3 is 5.97 Å². The Morgan fingerprint density at radius 2 is 1.71 bits per heavy atom. The predicted octanol–water partition coefficient (Wildman–Crippen LogP) is 6.32. The fourth-order valence-electron chi connectivity index (χ4n) is 3.08. The third-order valence-electron chi connectivity index (χ3n) is 4.56. The van der Waals surface area contributed by atoms with E-state index in [1.807, 2.05) is 71.3 Å². The summed E-state index contributed by atoms with van der Waals surface area (Å²) in [6.45, 7) is 0. The summed E-state index contributed by atoms with van der Waals surface area (Å²) in [4.78, 5) is 11.8. The summed E-state index contributed by atoms with van der Waals surface area (Å²) >= 11 is 14.4. The third kappa shape index (κ3) is 4.61. The highest BCUT2D eigenvalue weighted by Crippen LogP contribution is 2.35. The van der Waals surface area contributed by atoms with Crippen molar-refractivity contribution >= 4 is 40.9 Å². The summed E-state index contributed by atoms with van der Waals surface area (Å²) in [6.07, 6.45) is 0. The lowest BCUT2D eigenvalue weighted by atomic mass is 10.1. The first kappa shape index (κ1) is 21.4. The molecule has 1 aromatic heterocycles. The van der Waals surface area contributed by atoms with Crippen molar-refractivity contribution in [1.82, 2.24) is 14.8 Å². The molecule has 0 amide bonds. The molecule has 0 bridgehead atoms. The maximum atomic E-state index is 11.8. The molecule has 8 heteroatoms. The third-order valence-corrected chi connectivity index (χ3v) is 6.21. The number of hydrogen-bond acceptors (Lipinski definition) is 5. The van der Waals surface area contributed by atoms with Crippen molar-refractivity contribution in [3.63, 3.8) is 0 Å². The van der Waals surface area contributed by atoms with E-state index in [2.05, 4.69) is 10.2 Å². The molecule has 156 valence electrons. The van der Waals surface area contributed by atoms with Crippen LogP contribution in [-0.2, 0) is 10.5 Å². The molecule has 0 unspecified atom stereocenters. The van der Waals surface area contributed by atoms with Crippen LogP contribution in [0.4, 0.5) is 0 Å². The van der Waals surface area contributed by atoms with Crippen molar-refractivity contribution in [2.75, 3.05) is 7.11 Å². The van der Waals surface area contributed by atoms with Crippen LogP contribution in [0, 0.1) is 0 Å². The number of aromatic nitrogens is 3. The van der Waals surface area contributed by atoms with E-state index >= 15 is 0 Å². The Morgan fingerprint density at radius 3 is 2.45 bits per heavy atom. The van der Waals surface area contributed by atoms with Gasteiger partial charge in [-0.1, -0.05) is 71.4 Å². The molecule has 0 saturated carbocycles. The van der Waals surface area contributed by atoms with Gasteiger partial charge in [0.25, 0.3) is 0 Å². The molecule has 0 atom stereocenters. The molecule has 5 nitrogen and oxygen atoms in total. The van der Waals surface area contributed by atoms with Gasteiger partial charge in [0.15, 0.2) is 11.0 Å². The normalized spacial score (nSPS) is 10.8. The van der Waals surface area contributed by atoms with E-state index < -0.39 is 0 Å². The number of hydrogen-bond donors (Lipinski definition) is 0. The highest BCUT2D eigenvalue weighted by atomic mass is 35.5. The second-order valence-corrected chi connectivity index (χ2v) is 8.31. The molecule has 0 N–H and O–H groups in total. The van der Waals surface area contributed by atoms with E-state index in [9.17, 15) is 4.79 Å². The molecule has 0 spiro atoms. The van der Waals surface area contributed by atoms with Gasteiger partial charge in [-0.05, 0) is 42.0 Å². The number of halogens is 2. The van der Waals surface area contributed by atoms with Crippen LogP contribution in [0.25, 0.3) is 17.1 Å². The molecule has 0 aliphatic heterocycles. The number of carbonyl (C=O) groups is 1. The van der Waals surface area contributed by atoms with Crippen molar-refractivity contribution in [2.24, 2.45) is 0 Å². The fourth-order valence-corrected chi connectivity index (χ4v) is 4.41. The van der Waals surface area contributed by atoms with Crippen LogP contribution in [0.3, 0.4) is 0 Å². The molecule has 31 heavy (non-hydrogen) atoms. The van der Waals surface area contributed by atoms with Gasteiger partial charge in [0.1, 0.15) is 0 Å². The average Bonchev–Trinajstić information content (AvgIpc) is 3.21. The summed E-state index contributed by atoms with van der Waals surface area (Å²) in [7, 11) is 1.37. The fraction of sp³-hybridized carbons (Fsp3) is 0.0870. The van der Waals surface area contributed by atoms with E-state index in [0.29, 0.717) is 32.3 Å². The van der Waals surface area contributed by atoms with Crippen LogP contribution in [0.2, 0.25) is 10.0 Å². The smallest absolute Gasteiger partial charge is 0.337 e. The molecule has 0 aliphatic carbocycles. The van der Waals surface area contributed by atoms with E-state index in [4.69, 9.17) is 27.9 Å². The lowest BCUT2D eigenvalue weighted by Gasteiger charge is -2.12. The Bertz CT molecular complexity index is 1240. The minimum Gasteiger partial charge on any atom is -0.465 e. The molecule has 3 aromatic carbocycles. The lowest BCUT2D eigenvalue weighted by molar-refractivity contribution is 0.0600. The number of thioether (sulfide) groups is 1. The second-order valence-electron chi connectivity index (χ2n) is 6.55. The van der Waals surface area contributed by atoms with Gasteiger partial charge in [-0.3, -0.25) is 4.57 Å². The first-order valence-corrected chi connectivity index (χ1v) is 11.1. The monoisotopic (exact) mass is 469 g/mol. The first-order valence-electron chi connectivity index (χ1n) is 9.33. The van der Waals surface area contributed by atoms with Crippen molar-refractivity contribution in [3.8, 4) is 17.1 Å². The molecule has 1 heterocycles.